The molecule has 3 N–H and O–H groups in total. The lowest BCUT2D eigenvalue weighted by Crippen LogP contribution is -2.38. The van der Waals surface area contributed by atoms with Crippen LogP contribution >= 0.6 is 15.9 Å². The van der Waals surface area contributed by atoms with Crippen LogP contribution in [0.15, 0.2) is 39.4 Å². The van der Waals surface area contributed by atoms with Crippen LogP contribution < -0.4 is 0 Å². The summed E-state index contributed by atoms with van der Waals surface area (Å²) in [6.07, 6.45) is 4.10. The van der Waals surface area contributed by atoms with E-state index in [1.165, 1.54) is 4.90 Å². The van der Waals surface area contributed by atoms with Gasteiger partial charge >= 0.3 is 0 Å². The molecule has 0 bridgehead atoms. The summed E-state index contributed by atoms with van der Waals surface area (Å²) in [5, 5.41) is 31.5. The van der Waals surface area contributed by atoms with Crippen molar-refractivity contribution in [2.45, 2.75) is 59.0 Å². The van der Waals surface area contributed by atoms with E-state index in [0.29, 0.717) is 43.4 Å². The van der Waals surface area contributed by atoms with E-state index in [4.69, 9.17) is 0 Å². The normalized spacial score (nSPS) is 24.5. The number of rotatable bonds is 9. The Morgan fingerprint density at radius 1 is 1.27 bits per heavy atom. The van der Waals surface area contributed by atoms with E-state index < -0.39 is 23.9 Å². The zero-order valence-electron chi connectivity index (χ0n) is 19.6. The van der Waals surface area contributed by atoms with Crippen LogP contribution in [0.25, 0.3) is 6.08 Å². The molecular formula is C26H34BrNO5. The van der Waals surface area contributed by atoms with Crippen LogP contribution in [0.5, 0.6) is 5.75 Å². The van der Waals surface area contributed by atoms with Crippen molar-refractivity contribution in [3.63, 3.8) is 0 Å². The van der Waals surface area contributed by atoms with E-state index in [9.17, 15) is 24.9 Å². The van der Waals surface area contributed by atoms with Gasteiger partial charge in [-0.2, -0.15) is 0 Å². The molecule has 1 fully saturated rings. The summed E-state index contributed by atoms with van der Waals surface area (Å²) in [5.41, 5.74) is 3.40. The van der Waals surface area contributed by atoms with Crippen molar-refractivity contribution in [3.8, 4) is 5.75 Å². The molecule has 180 valence electrons. The Bertz CT molecular complexity index is 969. The monoisotopic (exact) mass is 519 g/mol. The number of likely N-dealkylation sites (tertiary alicyclic amines) is 1. The second kappa shape index (κ2) is 11.0. The van der Waals surface area contributed by atoms with Crippen LogP contribution in [0.4, 0.5) is 0 Å². The standard InChI is InChI=1S/C26H34BrNO5/c1-4-10-28-25(32)19-11-15(3)23(20(14-29)24(19)26(28)33)22(31)8-6-16(5-2)12-17-13-18(27)7-9-21(17)30/h7,9,12-13,19-20,22,24,29-31H,4-6,8,10-11,14H2,1-3H3/b16-12+/t19-,20+,22-,24-/m1/s1. The number of fused-ring (bicyclic) bond motifs is 1. The minimum absolute atomic E-state index is 0.150. The van der Waals surface area contributed by atoms with Crippen molar-refractivity contribution in [2.24, 2.45) is 17.8 Å². The summed E-state index contributed by atoms with van der Waals surface area (Å²) >= 11 is 3.42. The highest BCUT2D eigenvalue weighted by Gasteiger charge is 2.54. The van der Waals surface area contributed by atoms with Gasteiger partial charge in [-0.3, -0.25) is 14.5 Å². The first-order valence-electron chi connectivity index (χ1n) is 11.7. The van der Waals surface area contributed by atoms with Gasteiger partial charge < -0.3 is 15.3 Å². The van der Waals surface area contributed by atoms with Gasteiger partial charge in [0.1, 0.15) is 5.75 Å². The lowest BCUT2D eigenvalue weighted by atomic mass is 9.68. The highest BCUT2D eigenvalue weighted by atomic mass is 79.9. The van der Waals surface area contributed by atoms with Crippen LogP contribution in [0, 0.1) is 17.8 Å². The second-order valence-electron chi connectivity index (χ2n) is 9.10. The Kier molecular flexibility index (Phi) is 8.54. The smallest absolute Gasteiger partial charge is 0.233 e. The van der Waals surface area contributed by atoms with Crippen molar-refractivity contribution in [3.05, 3.63) is 45.0 Å². The van der Waals surface area contributed by atoms with E-state index in [1.54, 1.807) is 12.1 Å². The molecule has 0 saturated carbocycles. The predicted octanol–water partition coefficient (Wildman–Crippen LogP) is 4.43. The van der Waals surface area contributed by atoms with Gasteiger partial charge in [0.25, 0.3) is 0 Å². The Morgan fingerprint density at radius 3 is 2.64 bits per heavy atom. The summed E-state index contributed by atoms with van der Waals surface area (Å²) in [6, 6.07) is 5.26. The third kappa shape index (κ3) is 5.26. The number of nitrogens with zero attached hydrogens (tertiary/aromatic N) is 1. The molecule has 33 heavy (non-hydrogen) atoms. The number of carbonyl (C=O) groups is 2. The van der Waals surface area contributed by atoms with Gasteiger partial charge in [-0.15, -0.1) is 0 Å². The molecule has 1 heterocycles. The Labute approximate surface area is 204 Å². The number of benzene rings is 1. The fourth-order valence-electron chi connectivity index (χ4n) is 5.32. The van der Waals surface area contributed by atoms with Gasteiger partial charge in [0.15, 0.2) is 0 Å². The number of aliphatic hydroxyl groups excluding tert-OH is 2. The predicted molar refractivity (Wildman–Crippen MR) is 131 cm³/mol. The fraction of sp³-hybridized carbons (Fsp3) is 0.538. The summed E-state index contributed by atoms with van der Waals surface area (Å²) in [7, 11) is 0. The van der Waals surface area contributed by atoms with Gasteiger partial charge in [-0.1, -0.05) is 47.0 Å². The zero-order chi connectivity index (χ0) is 24.3. The van der Waals surface area contributed by atoms with Gasteiger partial charge in [0.05, 0.1) is 24.5 Å². The highest BCUT2D eigenvalue weighted by molar-refractivity contribution is 9.10. The Hall–Kier alpha value is -1.96. The minimum atomic E-state index is -0.808. The maximum atomic E-state index is 13.0. The number of aromatic hydroxyl groups is 1. The molecule has 7 heteroatoms. The first-order valence-corrected chi connectivity index (χ1v) is 12.5. The molecule has 0 aromatic heterocycles. The molecule has 1 aliphatic heterocycles. The topological polar surface area (TPSA) is 98.1 Å². The average molecular weight is 520 g/mol. The Morgan fingerprint density at radius 2 is 2.00 bits per heavy atom. The molecule has 2 amide bonds. The number of halogens is 1. The molecule has 6 nitrogen and oxygen atoms in total. The van der Waals surface area contributed by atoms with Crippen LogP contribution in [0.1, 0.15) is 58.4 Å². The molecule has 0 spiro atoms. The van der Waals surface area contributed by atoms with E-state index in [1.807, 2.05) is 32.9 Å². The van der Waals surface area contributed by atoms with Crippen molar-refractivity contribution in [1.82, 2.24) is 4.90 Å². The molecule has 3 rings (SSSR count). The molecular weight excluding hydrogens is 486 g/mol. The van der Waals surface area contributed by atoms with Crippen molar-refractivity contribution in [1.29, 1.82) is 0 Å². The van der Waals surface area contributed by atoms with E-state index in [-0.39, 0.29) is 24.2 Å². The van der Waals surface area contributed by atoms with Gasteiger partial charge in [0.2, 0.25) is 11.8 Å². The van der Waals surface area contributed by atoms with E-state index in [2.05, 4.69) is 15.9 Å². The van der Waals surface area contributed by atoms with Crippen LogP contribution in [0.2, 0.25) is 0 Å². The summed E-state index contributed by atoms with van der Waals surface area (Å²) in [4.78, 5) is 27.2. The first-order chi connectivity index (χ1) is 15.7. The number of allylic oxidation sites excluding steroid dienone is 2. The zero-order valence-corrected chi connectivity index (χ0v) is 21.1. The number of aliphatic hydroxyl groups is 2. The largest absolute Gasteiger partial charge is 0.507 e. The first kappa shape index (κ1) is 25.7. The number of imide groups is 1. The SMILES string of the molecule is CCCN1C(=O)[C@@H]2[C@@H](CC(C)=C([C@H](O)CC/C(=C/c3cc(Br)ccc3O)CC)[C@@H]2CO)C1=O. The quantitative estimate of drug-likeness (QED) is 0.331. The van der Waals surface area contributed by atoms with Gasteiger partial charge in [0, 0.05) is 22.5 Å². The molecule has 4 atom stereocenters. The average Bonchev–Trinajstić information content (AvgIpc) is 3.02. The number of phenolic OH excluding ortho intramolecular Hbond substituents is 1. The Balaban J connectivity index is 1.79. The molecule has 0 radical (unpaired) electrons. The number of carbonyl (C=O) groups excluding carboxylic acids is 2. The maximum Gasteiger partial charge on any atom is 0.233 e. The van der Waals surface area contributed by atoms with E-state index >= 15 is 0 Å². The molecule has 1 aliphatic carbocycles. The summed E-state index contributed by atoms with van der Waals surface area (Å²) in [6.45, 7) is 5.98. The number of phenols is 1. The maximum absolute atomic E-state index is 13.0. The number of hydrogen-bond donors (Lipinski definition) is 3. The van der Waals surface area contributed by atoms with Crippen molar-refractivity contribution in [2.75, 3.05) is 13.2 Å². The minimum Gasteiger partial charge on any atom is -0.507 e. The van der Waals surface area contributed by atoms with Crippen LogP contribution in [-0.4, -0.2) is 51.3 Å². The van der Waals surface area contributed by atoms with Gasteiger partial charge in [-0.05, 0) is 62.8 Å². The third-order valence-corrected chi connectivity index (χ3v) is 7.46. The van der Waals surface area contributed by atoms with Crippen molar-refractivity contribution >= 4 is 33.8 Å². The number of hydrogen-bond acceptors (Lipinski definition) is 5. The fourth-order valence-corrected chi connectivity index (χ4v) is 5.69. The lowest BCUT2D eigenvalue weighted by Gasteiger charge is -2.35. The van der Waals surface area contributed by atoms with Crippen molar-refractivity contribution < 1.29 is 24.9 Å². The molecule has 1 aromatic carbocycles. The summed E-state index contributed by atoms with van der Waals surface area (Å²) < 4.78 is 0.873. The number of amides is 2. The molecule has 1 saturated heterocycles. The highest BCUT2D eigenvalue weighted by Crippen LogP contribution is 2.46. The second-order valence-corrected chi connectivity index (χ2v) is 10.0. The van der Waals surface area contributed by atoms with Gasteiger partial charge in [-0.25, -0.2) is 0 Å². The summed E-state index contributed by atoms with van der Waals surface area (Å²) in [5.74, 6) is -1.75. The lowest BCUT2D eigenvalue weighted by molar-refractivity contribution is -0.140. The van der Waals surface area contributed by atoms with Crippen LogP contribution in [0.3, 0.4) is 0 Å². The van der Waals surface area contributed by atoms with Crippen LogP contribution in [-0.2, 0) is 9.59 Å². The molecule has 0 unspecified atom stereocenters. The third-order valence-electron chi connectivity index (χ3n) is 6.96. The van der Waals surface area contributed by atoms with E-state index in [0.717, 1.165) is 22.0 Å². The molecule has 1 aromatic rings. The molecule has 2 aliphatic rings.